The molecule has 3 aromatic rings. The van der Waals surface area contributed by atoms with Crippen molar-refractivity contribution in [2.75, 3.05) is 7.11 Å². The molecule has 120 valence electrons. The van der Waals surface area contributed by atoms with Gasteiger partial charge in [-0.05, 0) is 19.4 Å². The van der Waals surface area contributed by atoms with E-state index in [1.54, 1.807) is 11.8 Å². The molecule has 0 aliphatic carbocycles. The van der Waals surface area contributed by atoms with Crippen LogP contribution in [0.5, 0.6) is 0 Å². The van der Waals surface area contributed by atoms with Gasteiger partial charge < -0.3 is 9.26 Å². The van der Waals surface area contributed by atoms with Gasteiger partial charge in [-0.1, -0.05) is 47.1 Å². The molecule has 0 fully saturated rings. The fraction of sp³-hybridized carbons (Fsp3) is 0.312. The van der Waals surface area contributed by atoms with Crippen molar-refractivity contribution in [3.63, 3.8) is 0 Å². The summed E-state index contributed by atoms with van der Waals surface area (Å²) in [6.45, 7) is 4.14. The fourth-order valence-electron chi connectivity index (χ4n) is 2.41. The van der Waals surface area contributed by atoms with E-state index < -0.39 is 0 Å². The van der Waals surface area contributed by atoms with E-state index in [1.807, 2.05) is 44.2 Å². The Hall–Kier alpha value is -2.18. The first-order chi connectivity index (χ1) is 11.1. The van der Waals surface area contributed by atoms with Crippen LogP contribution in [0, 0.1) is 13.8 Å². The standard InChI is InChI=1S/C16H17ClN4O2/c1-10-14(17)11(2)21(19-10)9-13-18-16(20-23-13)15(22-3)12-7-5-4-6-8-12/h4-8,15H,9H2,1-3H3. The van der Waals surface area contributed by atoms with Gasteiger partial charge >= 0.3 is 0 Å². The van der Waals surface area contributed by atoms with Crippen LogP contribution in [-0.4, -0.2) is 27.0 Å². The molecule has 2 heterocycles. The quantitative estimate of drug-likeness (QED) is 0.717. The summed E-state index contributed by atoms with van der Waals surface area (Å²) in [4.78, 5) is 4.43. The Labute approximate surface area is 139 Å². The van der Waals surface area contributed by atoms with Gasteiger partial charge in [0, 0.05) is 7.11 Å². The van der Waals surface area contributed by atoms with Crippen molar-refractivity contribution in [1.29, 1.82) is 0 Å². The molecule has 0 saturated carbocycles. The van der Waals surface area contributed by atoms with E-state index in [4.69, 9.17) is 20.9 Å². The molecule has 2 aromatic heterocycles. The molecule has 0 N–H and O–H groups in total. The topological polar surface area (TPSA) is 66.0 Å². The Morgan fingerprint density at radius 3 is 2.61 bits per heavy atom. The van der Waals surface area contributed by atoms with Crippen LogP contribution in [0.1, 0.15) is 34.8 Å². The van der Waals surface area contributed by atoms with Gasteiger partial charge in [0.05, 0.1) is 16.4 Å². The van der Waals surface area contributed by atoms with Crippen LogP contribution in [0.25, 0.3) is 0 Å². The second-order valence-electron chi connectivity index (χ2n) is 5.22. The molecule has 0 bridgehead atoms. The lowest BCUT2D eigenvalue weighted by Crippen LogP contribution is -2.07. The molecular formula is C16H17ClN4O2. The lowest BCUT2D eigenvalue weighted by Gasteiger charge is -2.10. The van der Waals surface area contributed by atoms with Crippen molar-refractivity contribution >= 4 is 11.6 Å². The zero-order valence-corrected chi connectivity index (χ0v) is 13.9. The molecule has 0 spiro atoms. The summed E-state index contributed by atoms with van der Waals surface area (Å²) < 4.78 is 12.6. The largest absolute Gasteiger partial charge is 0.369 e. The Kier molecular flexibility index (Phi) is 4.45. The zero-order valence-electron chi connectivity index (χ0n) is 13.2. The lowest BCUT2D eigenvalue weighted by atomic mass is 10.1. The number of rotatable bonds is 5. The number of methoxy groups -OCH3 is 1. The zero-order chi connectivity index (χ0) is 16.4. The van der Waals surface area contributed by atoms with Crippen LogP contribution < -0.4 is 0 Å². The van der Waals surface area contributed by atoms with E-state index in [9.17, 15) is 0 Å². The minimum absolute atomic E-state index is 0.363. The SMILES string of the molecule is COC(c1ccccc1)c1noc(Cn2nc(C)c(Cl)c2C)n1. The third-order valence-corrected chi connectivity index (χ3v) is 4.18. The highest BCUT2D eigenvalue weighted by molar-refractivity contribution is 6.31. The molecular weight excluding hydrogens is 316 g/mol. The number of nitrogens with zero attached hydrogens (tertiary/aromatic N) is 4. The molecule has 23 heavy (non-hydrogen) atoms. The number of hydrogen-bond acceptors (Lipinski definition) is 5. The number of halogens is 1. The summed E-state index contributed by atoms with van der Waals surface area (Å²) in [6.07, 6.45) is -0.363. The number of benzene rings is 1. The van der Waals surface area contributed by atoms with E-state index >= 15 is 0 Å². The first-order valence-corrected chi connectivity index (χ1v) is 7.57. The maximum absolute atomic E-state index is 6.15. The van der Waals surface area contributed by atoms with Gasteiger partial charge in [0.2, 0.25) is 11.7 Å². The fourth-order valence-corrected chi connectivity index (χ4v) is 2.55. The van der Waals surface area contributed by atoms with Crippen molar-refractivity contribution in [3.8, 4) is 0 Å². The van der Waals surface area contributed by atoms with E-state index in [-0.39, 0.29) is 6.10 Å². The monoisotopic (exact) mass is 332 g/mol. The summed E-state index contributed by atoms with van der Waals surface area (Å²) in [5.74, 6) is 0.946. The minimum Gasteiger partial charge on any atom is -0.369 e. The van der Waals surface area contributed by atoms with E-state index in [0.717, 1.165) is 17.0 Å². The van der Waals surface area contributed by atoms with Crippen molar-refractivity contribution in [3.05, 3.63) is 64.0 Å². The number of aromatic nitrogens is 4. The summed E-state index contributed by atoms with van der Waals surface area (Å²) in [7, 11) is 1.62. The molecule has 3 rings (SSSR count). The highest BCUT2D eigenvalue weighted by Gasteiger charge is 2.20. The van der Waals surface area contributed by atoms with Crippen LogP contribution in [0.2, 0.25) is 5.02 Å². The summed E-state index contributed by atoms with van der Waals surface area (Å²) in [5.41, 5.74) is 2.62. The van der Waals surface area contributed by atoms with Gasteiger partial charge in [0.25, 0.3) is 0 Å². The van der Waals surface area contributed by atoms with Crippen molar-refractivity contribution < 1.29 is 9.26 Å². The number of hydrogen-bond donors (Lipinski definition) is 0. The predicted molar refractivity (Wildman–Crippen MR) is 85.4 cm³/mol. The second-order valence-corrected chi connectivity index (χ2v) is 5.59. The molecule has 7 heteroatoms. The molecule has 0 aliphatic rings. The first-order valence-electron chi connectivity index (χ1n) is 7.20. The molecule has 1 aromatic carbocycles. The van der Waals surface area contributed by atoms with E-state index in [2.05, 4.69) is 15.2 Å². The second kappa shape index (κ2) is 6.52. The highest BCUT2D eigenvalue weighted by Crippen LogP contribution is 2.23. The number of ether oxygens (including phenoxy) is 1. The van der Waals surface area contributed by atoms with Crippen LogP contribution in [0.15, 0.2) is 34.9 Å². The normalized spacial score (nSPS) is 12.5. The smallest absolute Gasteiger partial charge is 0.248 e. The Morgan fingerprint density at radius 1 is 1.26 bits per heavy atom. The third kappa shape index (κ3) is 3.13. The van der Waals surface area contributed by atoms with Crippen molar-refractivity contribution in [2.45, 2.75) is 26.5 Å². The van der Waals surface area contributed by atoms with Gasteiger partial charge in [-0.25, -0.2) is 0 Å². The van der Waals surface area contributed by atoms with Crippen molar-refractivity contribution in [2.24, 2.45) is 0 Å². The van der Waals surface area contributed by atoms with Gasteiger partial charge in [-0.15, -0.1) is 0 Å². The van der Waals surface area contributed by atoms with Crippen LogP contribution >= 0.6 is 11.6 Å². The average Bonchev–Trinajstić information content (AvgIpc) is 3.11. The van der Waals surface area contributed by atoms with E-state index in [0.29, 0.717) is 23.3 Å². The Bertz CT molecular complexity index is 798. The van der Waals surface area contributed by atoms with Gasteiger partial charge in [0.15, 0.2) is 0 Å². The summed E-state index contributed by atoms with van der Waals surface area (Å²) >= 11 is 6.15. The minimum atomic E-state index is -0.363. The maximum atomic E-state index is 6.15. The van der Waals surface area contributed by atoms with Crippen LogP contribution in [-0.2, 0) is 11.3 Å². The molecule has 6 nitrogen and oxygen atoms in total. The maximum Gasteiger partial charge on any atom is 0.248 e. The summed E-state index contributed by atoms with van der Waals surface area (Å²) in [5, 5.41) is 9.05. The molecule has 1 atom stereocenters. The molecule has 0 saturated heterocycles. The summed E-state index contributed by atoms with van der Waals surface area (Å²) in [6, 6.07) is 9.76. The van der Waals surface area contributed by atoms with E-state index in [1.165, 1.54) is 0 Å². The average molecular weight is 333 g/mol. The Balaban J connectivity index is 1.83. The van der Waals surface area contributed by atoms with Crippen LogP contribution in [0.4, 0.5) is 0 Å². The van der Waals surface area contributed by atoms with Crippen molar-refractivity contribution in [1.82, 2.24) is 19.9 Å². The molecule has 0 aliphatic heterocycles. The highest BCUT2D eigenvalue weighted by atomic mass is 35.5. The van der Waals surface area contributed by atoms with Crippen LogP contribution in [0.3, 0.4) is 0 Å². The van der Waals surface area contributed by atoms with Gasteiger partial charge in [-0.3, -0.25) is 4.68 Å². The van der Waals surface area contributed by atoms with Gasteiger partial charge in [-0.2, -0.15) is 10.1 Å². The molecule has 1 unspecified atom stereocenters. The molecule has 0 amide bonds. The Morgan fingerprint density at radius 2 is 2.00 bits per heavy atom. The third-order valence-electron chi connectivity index (χ3n) is 3.63. The lowest BCUT2D eigenvalue weighted by molar-refractivity contribution is 0.126. The molecule has 0 radical (unpaired) electrons. The predicted octanol–water partition coefficient (Wildman–Crippen LogP) is 3.32. The number of aryl methyl sites for hydroxylation is 1. The first kappa shape index (κ1) is 15.7. The van der Waals surface area contributed by atoms with Gasteiger partial charge in [0.1, 0.15) is 12.6 Å².